The Kier molecular flexibility index (Phi) is 4.64. The van der Waals surface area contributed by atoms with Gasteiger partial charge < -0.3 is 9.64 Å². The summed E-state index contributed by atoms with van der Waals surface area (Å²) in [4.78, 5) is 35.3. The van der Waals surface area contributed by atoms with Crippen LogP contribution >= 0.6 is 0 Å². The summed E-state index contributed by atoms with van der Waals surface area (Å²) in [7, 11) is 1.93. The van der Waals surface area contributed by atoms with E-state index in [0.29, 0.717) is 5.78 Å². The van der Waals surface area contributed by atoms with Crippen molar-refractivity contribution < 1.29 is 14.3 Å². The maximum absolute atomic E-state index is 12.6. The number of ketones is 1. The molecule has 0 saturated heterocycles. The third-order valence-electron chi connectivity index (χ3n) is 5.38. The first-order valence-corrected chi connectivity index (χ1v) is 9.65. The van der Waals surface area contributed by atoms with E-state index in [1.807, 2.05) is 50.1 Å². The van der Waals surface area contributed by atoms with E-state index in [2.05, 4.69) is 35.0 Å². The monoisotopic (exact) mass is 405 g/mol. The number of rotatable bonds is 4. The number of carbonyl (C=O) groups is 2. The number of aryl methyl sites for hydroxylation is 2. The number of benzene rings is 1. The van der Waals surface area contributed by atoms with E-state index in [0.717, 1.165) is 28.3 Å². The zero-order chi connectivity index (χ0) is 21.6. The lowest BCUT2D eigenvalue weighted by molar-refractivity contribution is -0.117. The molecule has 8 nitrogen and oxygen atoms in total. The number of hydrogen-bond acceptors (Lipinski definition) is 7. The molecule has 3 aromatic rings. The van der Waals surface area contributed by atoms with Gasteiger partial charge in [-0.1, -0.05) is 32.0 Å². The summed E-state index contributed by atoms with van der Waals surface area (Å²) in [5, 5.41) is 4.13. The second kappa shape index (κ2) is 7.05. The zero-order valence-corrected chi connectivity index (χ0v) is 17.6. The number of hydrogen-bond donors (Lipinski definition) is 0. The number of carbonyl (C=O) groups excluding carboxylic acids is 2. The first-order valence-electron chi connectivity index (χ1n) is 9.65. The van der Waals surface area contributed by atoms with Crippen LogP contribution in [0.5, 0.6) is 0 Å². The van der Waals surface area contributed by atoms with Crippen molar-refractivity contribution >= 4 is 23.2 Å². The van der Waals surface area contributed by atoms with Gasteiger partial charge in [-0.15, -0.1) is 5.10 Å². The molecule has 0 amide bonds. The lowest BCUT2D eigenvalue weighted by atomic mass is 9.83. The van der Waals surface area contributed by atoms with Crippen LogP contribution < -0.4 is 4.90 Å². The van der Waals surface area contributed by atoms with Crippen molar-refractivity contribution in [2.45, 2.75) is 33.1 Å². The first-order chi connectivity index (χ1) is 14.2. The molecule has 0 aliphatic carbocycles. The van der Waals surface area contributed by atoms with Crippen molar-refractivity contribution in [2.75, 3.05) is 18.6 Å². The van der Waals surface area contributed by atoms with Crippen LogP contribution in [-0.4, -0.2) is 45.0 Å². The van der Waals surface area contributed by atoms with Gasteiger partial charge in [-0.2, -0.15) is 4.98 Å². The van der Waals surface area contributed by atoms with Gasteiger partial charge in [0.15, 0.2) is 12.4 Å². The smallest absolute Gasteiger partial charge is 0.378 e. The Morgan fingerprint density at radius 1 is 1.17 bits per heavy atom. The Hall–Kier alpha value is -3.55. The Bertz CT molecular complexity index is 1210. The summed E-state index contributed by atoms with van der Waals surface area (Å²) in [5.41, 5.74) is 4.32. The minimum atomic E-state index is -0.758. The Labute approximate surface area is 174 Å². The molecule has 0 unspecified atom stereocenters. The molecule has 154 valence electrons. The van der Waals surface area contributed by atoms with E-state index in [1.54, 1.807) is 6.08 Å². The van der Waals surface area contributed by atoms with Crippen molar-refractivity contribution in [1.29, 1.82) is 0 Å². The normalized spacial score (nSPS) is 16.2. The lowest BCUT2D eigenvalue weighted by Gasteiger charge is -2.23. The fourth-order valence-electron chi connectivity index (χ4n) is 3.91. The highest BCUT2D eigenvalue weighted by atomic mass is 16.5. The summed E-state index contributed by atoms with van der Waals surface area (Å²) >= 11 is 0. The molecule has 8 heteroatoms. The fourth-order valence-corrected chi connectivity index (χ4v) is 3.91. The highest BCUT2D eigenvalue weighted by Gasteiger charge is 2.38. The van der Waals surface area contributed by atoms with Crippen LogP contribution in [0.1, 0.15) is 41.4 Å². The Morgan fingerprint density at radius 3 is 2.63 bits per heavy atom. The molecule has 1 aliphatic rings. The van der Waals surface area contributed by atoms with E-state index in [9.17, 15) is 9.59 Å². The molecule has 2 aromatic heterocycles. The molecule has 4 rings (SSSR count). The molecule has 30 heavy (non-hydrogen) atoms. The van der Waals surface area contributed by atoms with Gasteiger partial charge in [0.25, 0.3) is 11.6 Å². The van der Waals surface area contributed by atoms with Crippen LogP contribution in [0, 0.1) is 13.8 Å². The summed E-state index contributed by atoms with van der Waals surface area (Å²) < 4.78 is 6.64. The average molecular weight is 405 g/mol. The third-order valence-corrected chi connectivity index (χ3v) is 5.38. The average Bonchev–Trinajstić information content (AvgIpc) is 3.20. The van der Waals surface area contributed by atoms with Crippen molar-refractivity contribution in [2.24, 2.45) is 0 Å². The molecule has 3 heterocycles. The summed E-state index contributed by atoms with van der Waals surface area (Å²) in [5.74, 6) is -0.867. The minimum absolute atomic E-state index is 0.123. The zero-order valence-electron chi connectivity index (χ0n) is 17.6. The molecule has 0 radical (unpaired) electrons. The lowest BCUT2D eigenvalue weighted by Crippen LogP contribution is -2.25. The first kappa shape index (κ1) is 19.8. The molecule has 0 bridgehead atoms. The number of esters is 1. The van der Waals surface area contributed by atoms with Gasteiger partial charge in [-0.3, -0.25) is 4.79 Å². The van der Waals surface area contributed by atoms with E-state index >= 15 is 0 Å². The fraction of sp³-hybridized carbons (Fsp3) is 0.318. The van der Waals surface area contributed by atoms with Crippen LogP contribution in [0.15, 0.2) is 42.1 Å². The van der Waals surface area contributed by atoms with Crippen molar-refractivity contribution in [3.63, 3.8) is 0 Å². The molecule has 0 fully saturated rings. The predicted octanol–water partition coefficient (Wildman–Crippen LogP) is 2.78. The standard InChI is InChI=1S/C22H23N5O3/c1-13-10-14(2)27-21(23-13)24-19(25-27)20(29)30-12-15(28)11-18-22(3,4)16-8-6-7-9-17(16)26(18)5/h6-11H,12H2,1-5H3. The van der Waals surface area contributed by atoms with E-state index < -0.39 is 5.97 Å². The van der Waals surface area contributed by atoms with Gasteiger partial charge in [0.2, 0.25) is 0 Å². The number of fused-ring (bicyclic) bond motifs is 2. The summed E-state index contributed by atoms with van der Waals surface area (Å²) in [6, 6.07) is 9.88. The highest BCUT2D eigenvalue weighted by Crippen LogP contribution is 2.46. The second-order valence-electron chi connectivity index (χ2n) is 7.96. The van der Waals surface area contributed by atoms with Gasteiger partial charge in [0.1, 0.15) is 0 Å². The molecular weight excluding hydrogens is 382 g/mol. The predicted molar refractivity (Wildman–Crippen MR) is 111 cm³/mol. The van der Waals surface area contributed by atoms with Crippen LogP contribution in [0.25, 0.3) is 5.78 Å². The van der Waals surface area contributed by atoms with Gasteiger partial charge in [0, 0.05) is 41.3 Å². The SMILES string of the molecule is Cc1cc(C)n2nc(C(=O)OCC(=O)C=C3N(C)c4ccccc4C3(C)C)nc2n1. The molecule has 0 spiro atoms. The maximum Gasteiger partial charge on any atom is 0.378 e. The van der Waals surface area contributed by atoms with Crippen LogP contribution in [0.4, 0.5) is 5.69 Å². The van der Waals surface area contributed by atoms with Crippen molar-refractivity contribution in [3.8, 4) is 0 Å². The molecule has 0 N–H and O–H groups in total. The topological polar surface area (TPSA) is 89.7 Å². The van der Waals surface area contributed by atoms with Crippen LogP contribution in [-0.2, 0) is 14.9 Å². The van der Waals surface area contributed by atoms with E-state index in [1.165, 1.54) is 4.52 Å². The van der Waals surface area contributed by atoms with Crippen LogP contribution in [0.3, 0.4) is 0 Å². The number of ether oxygens (including phenoxy) is 1. The van der Waals surface area contributed by atoms with Gasteiger partial charge in [-0.25, -0.2) is 14.3 Å². The number of anilines is 1. The van der Waals surface area contributed by atoms with E-state index in [4.69, 9.17) is 4.74 Å². The molecular formula is C22H23N5O3. The highest BCUT2D eigenvalue weighted by molar-refractivity contribution is 5.95. The number of allylic oxidation sites excluding steroid dienone is 1. The Morgan fingerprint density at radius 2 is 1.90 bits per heavy atom. The van der Waals surface area contributed by atoms with Crippen molar-refractivity contribution in [1.82, 2.24) is 19.6 Å². The van der Waals surface area contributed by atoms with Gasteiger partial charge in [-0.05, 0) is 31.5 Å². The minimum Gasteiger partial charge on any atom is -0.451 e. The molecule has 0 atom stereocenters. The van der Waals surface area contributed by atoms with Crippen LogP contribution in [0.2, 0.25) is 0 Å². The number of aromatic nitrogens is 4. The maximum atomic E-state index is 12.6. The largest absolute Gasteiger partial charge is 0.451 e. The summed E-state index contributed by atoms with van der Waals surface area (Å²) in [6.07, 6.45) is 1.54. The number of para-hydroxylation sites is 1. The number of nitrogens with zero attached hydrogens (tertiary/aromatic N) is 5. The second-order valence-corrected chi connectivity index (χ2v) is 7.96. The van der Waals surface area contributed by atoms with E-state index in [-0.39, 0.29) is 23.6 Å². The van der Waals surface area contributed by atoms with Crippen molar-refractivity contribution in [3.05, 3.63) is 64.9 Å². The Balaban J connectivity index is 1.49. The molecule has 0 saturated carbocycles. The van der Waals surface area contributed by atoms with Gasteiger partial charge in [0.05, 0.1) is 0 Å². The molecule has 1 aliphatic heterocycles. The quantitative estimate of drug-likeness (QED) is 0.487. The molecule has 1 aromatic carbocycles. The van der Waals surface area contributed by atoms with Gasteiger partial charge >= 0.3 is 5.97 Å². The summed E-state index contributed by atoms with van der Waals surface area (Å²) in [6.45, 7) is 7.44. The third kappa shape index (κ3) is 3.24. The number of likely N-dealkylation sites (N-methyl/N-ethyl adjacent to an activating group) is 1.